The molecule has 0 saturated heterocycles. The van der Waals surface area contributed by atoms with Gasteiger partial charge in [0, 0.05) is 11.1 Å². The molecule has 2 aromatic rings. The van der Waals surface area contributed by atoms with Gasteiger partial charge in [-0.15, -0.1) is 11.3 Å². The summed E-state index contributed by atoms with van der Waals surface area (Å²) in [5.74, 6) is -1.06. The van der Waals surface area contributed by atoms with E-state index < -0.39 is 17.7 Å². The SMILES string of the molecule is Cc1cc(F)c(C(N)c2cc(Cl)sc2Cl)cc1F. The van der Waals surface area contributed by atoms with Crippen molar-refractivity contribution in [2.75, 3.05) is 0 Å². The van der Waals surface area contributed by atoms with Crippen LogP contribution in [0.4, 0.5) is 8.78 Å². The molecule has 0 spiro atoms. The van der Waals surface area contributed by atoms with E-state index in [1.807, 2.05) is 0 Å². The third-order valence-electron chi connectivity index (χ3n) is 2.63. The topological polar surface area (TPSA) is 26.0 Å². The van der Waals surface area contributed by atoms with Gasteiger partial charge in [-0.1, -0.05) is 23.2 Å². The van der Waals surface area contributed by atoms with Crippen LogP contribution < -0.4 is 5.73 Å². The Balaban J connectivity index is 2.49. The van der Waals surface area contributed by atoms with Gasteiger partial charge in [0.1, 0.15) is 11.6 Å². The molecule has 1 nitrogen and oxygen atoms in total. The van der Waals surface area contributed by atoms with Gasteiger partial charge in [0.25, 0.3) is 0 Å². The number of hydrogen-bond acceptors (Lipinski definition) is 2. The van der Waals surface area contributed by atoms with Gasteiger partial charge < -0.3 is 5.73 Å². The molecule has 1 aromatic heterocycles. The zero-order valence-corrected chi connectivity index (χ0v) is 11.6. The lowest BCUT2D eigenvalue weighted by molar-refractivity contribution is 0.571. The number of nitrogens with two attached hydrogens (primary N) is 1. The van der Waals surface area contributed by atoms with E-state index in [0.717, 1.165) is 23.5 Å². The fourth-order valence-electron chi connectivity index (χ4n) is 1.63. The second kappa shape index (κ2) is 5.13. The second-order valence-corrected chi connectivity index (χ2v) is 6.17. The van der Waals surface area contributed by atoms with E-state index in [1.54, 1.807) is 6.07 Å². The van der Waals surface area contributed by atoms with Crippen molar-refractivity contribution in [2.45, 2.75) is 13.0 Å². The summed E-state index contributed by atoms with van der Waals surface area (Å²) in [6.07, 6.45) is 0. The first kappa shape index (κ1) is 13.7. The minimum Gasteiger partial charge on any atom is -0.320 e. The van der Waals surface area contributed by atoms with E-state index in [2.05, 4.69) is 0 Å². The van der Waals surface area contributed by atoms with Crippen LogP contribution in [0.3, 0.4) is 0 Å². The summed E-state index contributed by atoms with van der Waals surface area (Å²) < 4.78 is 28.1. The molecule has 0 saturated carbocycles. The summed E-state index contributed by atoms with van der Waals surface area (Å²) in [6, 6.07) is 2.94. The van der Waals surface area contributed by atoms with Gasteiger partial charge in [0.15, 0.2) is 0 Å². The van der Waals surface area contributed by atoms with E-state index in [9.17, 15) is 8.78 Å². The van der Waals surface area contributed by atoms with Crippen LogP contribution in [0.15, 0.2) is 18.2 Å². The monoisotopic (exact) mass is 307 g/mol. The molecule has 1 atom stereocenters. The molecule has 2 rings (SSSR count). The summed E-state index contributed by atoms with van der Waals surface area (Å²) in [5, 5.41) is 0. The Morgan fingerprint density at radius 2 is 1.78 bits per heavy atom. The van der Waals surface area contributed by atoms with Gasteiger partial charge >= 0.3 is 0 Å². The maximum Gasteiger partial charge on any atom is 0.128 e. The Morgan fingerprint density at radius 3 is 2.33 bits per heavy atom. The quantitative estimate of drug-likeness (QED) is 0.856. The highest BCUT2D eigenvalue weighted by Crippen LogP contribution is 2.37. The molecule has 6 heteroatoms. The number of halogens is 4. The molecule has 0 amide bonds. The second-order valence-electron chi connectivity index (χ2n) is 3.88. The fourth-order valence-corrected chi connectivity index (χ4v) is 3.18. The molecule has 0 aliphatic rings. The lowest BCUT2D eigenvalue weighted by atomic mass is 10.00. The number of hydrogen-bond donors (Lipinski definition) is 1. The Labute approximate surface area is 117 Å². The maximum atomic E-state index is 13.8. The molecule has 0 aliphatic carbocycles. The van der Waals surface area contributed by atoms with E-state index in [-0.39, 0.29) is 11.1 Å². The average molecular weight is 308 g/mol. The van der Waals surface area contributed by atoms with Gasteiger partial charge in [-0.2, -0.15) is 0 Å². The Kier molecular flexibility index (Phi) is 3.92. The predicted molar refractivity (Wildman–Crippen MR) is 71.5 cm³/mol. The molecule has 0 bridgehead atoms. The van der Waals surface area contributed by atoms with Crippen LogP contribution >= 0.6 is 34.5 Å². The molecular formula is C12H9Cl2F2NS. The summed E-state index contributed by atoms with van der Waals surface area (Å²) >= 11 is 12.9. The highest BCUT2D eigenvalue weighted by Gasteiger charge is 2.20. The lowest BCUT2D eigenvalue weighted by Crippen LogP contribution is -2.14. The number of rotatable bonds is 2. The smallest absolute Gasteiger partial charge is 0.128 e. The highest BCUT2D eigenvalue weighted by atomic mass is 35.5. The van der Waals surface area contributed by atoms with Gasteiger partial charge in [0.2, 0.25) is 0 Å². The maximum absolute atomic E-state index is 13.8. The zero-order valence-electron chi connectivity index (χ0n) is 9.31. The Hall–Kier alpha value is -0.680. The number of thiophene rings is 1. The molecule has 96 valence electrons. The van der Waals surface area contributed by atoms with E-state index in [0.29, 0.717) is 14.2 Å². The van der Waals surface area contributed by atoms with Crippen LogP contribution in [0.25, 0.3) is 0 Å². The van der Waals surface area contributed by atoms with E-state index >= 15 is 0 Å². The molecule has 18 heavy (non-hydrogen) atoms. The van der Waals surface area contributed by atoms with Crippen molar-refractivity contribution in [1.29, 1.82) is 0 Å². The number of aryl methyl sites for hydroxylation is 1. The molecule has 2 N–H and O–H groups in total. The van der Waals surface area contributed by atoms with Crippen molar-refractivity contribution in [1.82, 2.24) is 0 Å². The normalized spacial score (nSPS) is 12.8. The molecule has 1 unspecified atom stereocenters. The molecule has 0 fully saturated rings. The van der Waals surface area contributed by atoms with Crippen LogP contribution in [-0.4, -0.2) is 0 Å². The lowest BCUT2D eigenvalue weighted by Gasteiger charge is -2.13. The van der Waals surface area contributed by atoms with Crippen molar-refractivity contribution >= 4 is 34.5 Å². The molecule has 0 radical (unpaired) electrons. The van der Waals surface area contributed by atoms with E-state index in [4.69, 9.17) is 28.9 Å². The third kappa shape index (κ3) is 2.52. The van der Waals surface area contributed by atoms with Crippen molar-refractivity contribution in [3.63, 3.8) is 0 Å². The first-order chi connectivity index (χ1) is 8.40. The zero-order chi connectivity index (χ0) is 13.4. The van der Waals surface area contributed by atoms with Gasteiger partial charge in [-0.05, 0) is 30.7 Å². The first-order valence-corrected chi connectivity index (χ1v) is 6.63. The first-order valence-electron chi connectivity index (χ1n) is 5.06. The molecule has 0 aliphatic heterocycles. The van der Waals surface area contributed by atoms with Crippen LogP contribution in [0.5, 0.6) is 0 Å². The van der Waals surface area contributed by atoms with Gasteiger partial charge in [-0.25, -0.2) is 8.78 Å². The number of benzene rings is 1. The van der Waals surface area contributed by atoms with Crippen molar-refractivity contribution in [2.24, 2.45) is 5.73 Å². The summed E-state index contributed by atoms with van der Waals surface area (Å²) in [6.45, 7) is 1.49. The van der Waals surface area contributed by atoms with Crippen molar-refractivity contribution in [3.05, 3.63) is 55.2 Å². The predicted octanol–water partition coefficient (Wildman–Crippen LogP) is 4.69. The van der Waals surface area contributed by atoms with E-state index in [1.165, 1.54) is 6.92 Å². The third-order valence-corrected chi connectivity index (χ3v) is 4.15. The van der Waals surface area contributed by atoms with Crippen molar-refractivity contribution in [3.8, 4) is 0 Å². The summed E-state index contributed by atoms with van der Waals surface area (Å²) in [5.41, 5.74) is 6.70. The average Bonchev–Trinajstić information content (AvgIpc) is 2.62. The minimum absolute atomic E-state index is 0.0643. The summed E-state index contributed by atoms with van der Waals surface area (Å²) in [7, 11) is 0. The fraction of sp³-hybridized carbons (Fsp3) is 0.167. The van der Waals surface area contributed by atoms with Crippen LogP contribution in [0.2, 0.25) is 8.67 Å². The molecular weight excluding hydrogens is 299 g/mol. The van der Waals surface area contributed by atoms with Gasteiger partial charge in [0.05, 0.1) is 14.7 Å². The molecule has 1 aromatic carbocycles. The highest BCUT2D eigenvalue weighted by molar-refractivity contribution is 7.20. The van der Waals surface area contributed by atoms with Crippen LogP contribution in [-0.2, 0) is 0 Å². The summed E-state index contributed by atoms with van der Waals surface area (Å²) in [4.78, 5) is 0. The molecule has 1 heterocycles. The Bertz CT molecular complexity index is 598. The Morgan fingerprint density at radius 1 is 1.11 bits per heavy atom. The van der Waals surface area contributed by atoms with Crippen LogP contribution in [0, 0.1) is 18.6 Å². The van der Waals surface area contributed by atoms with Gasteiger partial charge in [-0.3, -0.25) is 0 Å². The largest absolute Gasteiger partial charge is 0.320 e. The van der Waals surface area contributed by atoms with Crippen LogP contribution in [0.1, 0.15) is 22.7 Å². The standard InChI is InChI=1S/C12H9Cl2F2NS/c1-5-2-9(16)6(3-8(5)15)11(17)7-4-10(13)18-12(7)14/h2-4,11H,17H2,1H3. The van der Waals surface area contributed by atoms with Crippen molar-refractivity contribution < 1.29 is 8.78 Å². The minimum atomic E-state index is -0.837.